The third kappa shape index (κ3) is 2.95. The monoisotopic (exact) mass is 229 g/mol. The molecular weight excluding hydrogens is 218 g/mol. The average Bonchev–Trinajstić information content (AvgIpc) is 2.65. The quantitative estimate of drug-likeness (QED) is 0.790. The highest BCUT2D eigenvalue weighted by molar-refractivity contribution is 7.14. The van der Waals surface area contributed by atoms with Gasteiger partial charge < -0.3 is 15.1 Å². The molecule has 0 aliphatic rings. The molecule has 15 heavy (non-hydrogen) atoms. The van der Waals surface area contributed by atoms with Crippen molar-refractivity contribution in [3.63, 3.8) is 0 Å². The Morgan fingerprint density at radius 3 is 2.60 bits per heavy atom. The standard InChI is InChI=1S/C9H11NO4S/c1-10(7-3-2-4-15-7)6(9(13)14)5-8(11)12/h2-4,6H,5H2,1H3,(H,11,12)(H,13,14). The lowest BCUT2D eigenvalue weighted by Gasteiger charge is -2.23. The molecule has 0 bridgehead atoms. The summed E-state index contributed by atoms with van der Waals surface area (Å²) in [5.74, 6) is -2.25. The van der Waals surface area contributed by atoms with Crippen molar-refractivity contribution in [1.82, 2.24) is 0 Å². The van der Waals surface area contributed by atoms with E-state index >= 15 is 0 Å². The second kappa shape index (κ2) is 4.79. The molecule has 0 spiro atoms. The summed E-state index contributed by atoms with van der Waals surface area (Å²) in [7, 11) is 1.58. The maximum atomic E-state index is 10.9. The molecular formula is C9H11NO4S. The first-order valence-corrected chi connectivity index (χ1v) is 5.11. The van der Waals surface area contributed by atoms with Gasteiger partial charge in [-0.2, -0.15) is 0 Å². The number of carboxylic acid groups (broad SMARTS) is 2. The van der Waals surface area contributed by atoms with Crippen LogP contribution in [0.4, 0.5) is 5.00 Å². The van der Waals surface area contributed by atoms with E-state index in [1.165, 1.54) is 16.2 Å². The molecule has 0 saturated heterocycles. The highest BCUT2D eigenvalue weighted by atomic mass is 32.1. The summed E-state index contributed by atoms with van der Waals surface area (Å²) >= 11 is 1.37. The van der Waals surface area contributed by atoms with Crippen LogP contribution in [0.25, 0.3) is 0 Å². The van der Waals surface area contributed by atoms with Crippen LogP contribution < -0.4 is 4.90 Å². The van der Waals surface area contributed by atoms with Gasteiger partial charge in [-0.25, -0.2) is 4.79 Å². The van der Waals surface area contributed by atoms with Crippen LogP contribution in [0, 0.1) is 0 Å². The number of carbonyl (C=O) groups is 2. The van der Waals surface area contributed by atoms with Crippen molar-refractivity contribution >= 4 is 28.3 Å². The molecule has 1 atom stereocenters. The minimum Gasteiger partial charge on any atom is -0.481 e. The Morgan fingerprint density at radius 1 is 1.53 bits per heavy atom. The van der Waals surface area contributed by atoms with Gasteiger partial charge in [0.25, 0.3) is 0 Å². The van der Waals surface area contributed by atoms with E-state index in [1.54, 1.807) is 19.2 Å². The molecule has 1 aromatic heterocycles. The van der Waals surface area contributed by atoms with Gasteiger partial charge in [-0.3, -0.25) is 4.79 Å². The van der Waals surface area contributed by atoms with E-state index in [1.807, 2.05) is 5.38 Å². The molecule has 0 aromatic carbocycles. The maximum absolute atomic E-state index is 10.9. The van der Waals surface area contributed by atoms with Crippen molar-refractivity contribution in [3.8, 4) is 0 Å². The van der Waals surface area contributed by atoms with E-state index < -0.39 is 24.4 Å². The highest BCUT2D eigenvalue weighted by Gasteiger charge is 2.26. The summed E-state index contributed by atoms with van der Waals surface area (Å²) in [6.07, 6.45) is -0.413. The van der Waals surface area contributed by atoms with Gasteiger partial charge in [-0.1, -0.05) is 0 Å². The Bertz CT molecular complexity index is 349. The Morgan fingerprint density at radius 2 is 2.20 bits per heavy atom. The molecule has 0 fully saturated rings. The molecule has 2 N–H and O–H groups in total. The number of hydrogen-bond acceptors (Lipinski definition) is 4. The fourth-order valence-corrected chi connectivity index (χ4v) is 1.93. The summed E-state index contributed by atoms with van der Waals surface area (Å²) in [6.45, 7) is 0. The Kier molecular flexibility index (Phi) is 3.68. The minimum atomic E-state index is -1.13. The lowest BCUT2D eigenvalue weighted by atomic mass is 10.2. The van der Waals surface area contributed by atoms with Gasteiger partial charge in [0.15, 0.2) is 0 Å². The van der Waals surface area contributed by atoms with Gasteiger partial charge in [0.05, 0.1) is 11.4 Å². The predicted molar refractivity (Wildman–Crippen MR) is 56.4 cm³/mol. The minimum absolute atomic E-state index is 0.413. The maximum Gasteiger partial charge on any atom is 0.326 e. The van der Waals surface area contributed by atoms with Crippen molar-refractivity contribution in [2.75, 3.05) is 11.9 Å². The van der Waals surface area contributed by atoms with Crippen molar-refractivity contribution in [2.45, 2.75) is 12.5 Å². The first-order valence-electron chi connectivity index (χ1n) is 4.23. The molecule has 5 nitrogen and oxygen atoms in total. The zero-order valence-corrected chi connectivity index (χ0v) is 8.90. The van der Waals surface area contributed by atoms with E-state index in [0.717, 1.165) is 5.00 Å². The van der Waals surface area contributed by atoms with Gasteiger partial charge >= 0.3 is 11.9 Å². The molecule has 0 radical (unpaired) electrons. The van der Waals surface area contributed by atoms with Crippen LogP contribution in [0.3, 0.4) is 0 Å². The number of carboxylic acids is 2. The van der Waals surface area contributed by atoms with Crippen LogP contribution >= 0.6 is 11.3 Å². The molecule has 0 amide bonds. The van der Waals surface area contributed by atoms with Crippen LogP contribution in [0.1, 0.15) is 6.42 Å². The van der Waals surface area contributed by atoms with E-state index in [-0.39, 0.29) is 0 Å². The number of likely N-dealkylation sites (N-methyl/N-ethyl adjacent to an activating group) is 1. The molecule has 6 heteroatoms. The number of rotatable bonds is 5. The fourth-order valence-electron chi connectivity index (χ4n) is 1.18. The van der Waals surface area contributed by atoms with Crippen molar-refractivity contribution in [1.29, 1.82) is 0 Å². The molecule has 1 heterocycles. The van der Waals surface area contributed by atoms with Gasteiger partial charge in [-0.15, -0.1) is 11.3 Å². The SMILES string of the molecule is CN(c1cccs1)C(CC(=O)O)C(=O)O. The number of thiophene rings is 1. The van der Waals surface area contributed by atoms with E-state index in [4.69, 9.17) is 10.2 Å². The zero-order valence-electron chi connectivity index (χ0n) is 8.08. The lowest BCUT2D eigenvalue weighted by Crippen LogP contribution is -2.39. The summed E-state index contributed by atoms with van der Waals surface area (Å²) in [5.41, 5.74) is 0. The molecule has 1 aromatic rings. The second-order valence-corrected chi connectivity index (χ2v) is 3.94. The Balaban J connectivity index is 2.80. The first-order chi connectivity index (χ1) is 7.02. The van der Waals surface area contributed by atoms with Crippen molar-refractivity contribution in [2.24, 2.45) is 0 Å². The van der Waals surface area contributed by atoms with Gasteiger partial charge in [0.1, 0.15) is 6.04 Å². The molecule has 0 aliphatic heterocycles. The Hall–Kier alpha value is -1.56. The van der Waals surface area contributed by atoms with Crippen LogP contribution in [0.2, 0.25) is 0 Å². The van der Waals surface area contributed by atoms with Gasteiger partial charge in [0.2, 0.25) is 0 Å². The third-order valence-corrected chi connectivity index (χ3v) is 2.93. The summed E-state index contributed by atoms with van der Waals surface area (Å²) < 4.78 is 0. The van der Waals surface area contributed by atoms with Crippen molar-refractivity contribution in [3.05, 3.63) is 17.5 Å². The first kappa shape index (κ1) is 11.5. The van der Waals surface area contributed by atoms with E-state index in [9.17, 15) is 9.59 Å². The van der Waals surface area contributed by atoms with Crippen LogP contribution in [0.15, 0.2) is 17.5 Å². The summed E-state index contributed by atoms with van der Waals surface area (Å²) in [4.78, 5) is 22.8. The number of aliphatic carboxylic acids is 2. The normalized spacial score (nSPS) is 12.1. The van der Waals surface area contributed by atoms with Gasteiger partial charge in [0, 0.05) is 7.05 Å². The third-order valence-electron chi connectivity index (χ3n) is 1.97. The highest BCUT2D eigenvalue weighted by Crippen LogP contribution is 2.22. The molecule has 82 valence electrons. The number of nitrogens with zero attached hydrogens (tertiary/aromatic N) is 1. The van der Waals surface area contributed by atoms with Crippen LogP contribution in [-0.2, 0) is 9.59 Å². The lowest BCUT2D eigenvalue weighted by molar-refractivity contribution is -0.145. The topological polar surface area (TPSA) is 77.8 Å². The second-order valence-electron chi connectivity index (χ2n) is 3.01. The average molecular weight is 229 g/mol. The molecule has 0 aliphatic carbocycles. The zero-order chi connectivity index (χ0) is 11.4. The smallest absolute Gasteiger partial charge is 0.326 e. The Labute approximate surface area is 90.6 Å². The van der Waals surface area contributed by atoms with E-state index in [0.29, 0.717) is 0 Å². The van der Waals surface area contributed by atoms with E-state index in [2.05, 4.69) is 0 Å². The predicted octanol–water partition coefficient (Wildman–Crippen LogP) is 1.11. The van der Waals surface area contributed by atoms with Crippen LogP contribution in [-0.4, -0.2) is 35.2 Å². The molecule has 1 unspecified atom stereocenters. The largest absolute Gasteiger partial charge is 0.481 e. The van der Waals surface area contributed by atoms with Crippen LogP contribution in [0.5, 0.6) is 0 Å². The molecule has 0 saturated carbocycles. The number of anilines is 1. The fraction of sp³-hybridized carbons (Fsp3) is 0.333. The summed E-state index contributed by atoms with van der Waals surface area (Å²) in [6, 6.07) is 2.51. The van der Waals surface area contributed by atoms with Gasteiger partial charge in [-0.05, 0) is 17.5 Å². The van der Waals surface area contributed by atoms with Crippen molar-refractivity contribution < 1.29 is 19.8 Å². The summed E-state index contributed by atoms with van der Waals surface area (Å²) in [5, 5.41) is 20.0. The molecule has 1 rings (SSSR count). The number of hydrogen-bond donors (Lipinski definition) is 2.